The van der Waals surface area contributed by atoms with Crippen molar-refractivity contribution in [2.45, 2.75) is 31.7 Å². The van der Waals surface area contributed by atoms with Crippen molar-refractivity contribution in [1.82, 2.24) is 0 Å². The predicted octanol–water partition coefficient (Wildman–Crippen LogP) is 6.40. The van der Waals surface area contributed by atoms with E-state index in [1.807, 2.05) is 29.5 Å². The minimum Gasteiger partial charge on any atom is -0.376 e. The molecule has 1 atom stereocenters. The standard InChI is InChI=1S/C16H17Cl2NS/c17-12-7-3-8-13(15(12)18)19-16(11-5-1-2-6-11)14-9-4-10-20-14/h3-4,7-11,16,19H,1-2,5-6H2. The summed E-state index contributed by atoms with van der Waals surface area (Å²) in [5.74, 6) is 0.684. The zero-order valence-electron chi connectivity index (χ0n) is 11.1. The third-order valence-electron chi connectivity index (χ3n) is 3.98. The molecule has 1 aromatic heterocycles. The van der Waals surface area contributed by atoms with Crippen LogP contribution in [0.15, 0.2) is 35.7 Å². The van der Waals surface area contributed by atoms with Crippen LogP contribution < -0.4 is 5.32 Å². The minimum atomic E-state index is 0.341. The van der Waals surface area contributed by atoms with Gasteiger partial charge in [0.2, 0.25) is 0 Å². The number of rotatable bonds is 4. The molecule has 106 valence electrons. The number of halogens is 2. The summed E-state index contributed by atoms with van der Waals surface area (Å²) >= 11 is 14.2. The normalized spacial score (nSPS) is 17.3. The van der Waals surface area contributed by atoms with Crippen LogP contribution in [0.2, 0.25) is 10.0 Å². The van der Waals surface area contributed by atoms with Crippen LogP contribution in [-0.4, -0.2) is 0 Å². The molecular formula is C16H17Cl2NS. The summed E-state index contributed by atoms with van der Waals surface area (Å²) < 4.78 is 0. The van der Waals surface area contributed by atoms with Gasteiger partial charge in [-0.25, -0.2) is 0 Å². The number of anilines is 1. The molecule has 0 aliphatic heterocycles. The molecule has 3 rings (SSSR count). The maximum atomic E-state index is 6.31. The summed E-state index contributed by atoms with van der Waals surface area (Å²) in [7, 11) is 0. The molecular weight excluding hydrogens is 309 g/mol. The molecule has 4 heteroatoms. The quantitative estimate of drug-likeness (QED) is 0.685. The topological polar surface area (TPSA) is 12.0 Å². The monoisotopic (exact) mass is 325 g/mol. The van der Waals surface area contributed by atoms with Crippen molar-refractivity contribution in [3.8, 4) is 0 Å². The molecule has 0 spiro atoms. The Balaban J connectivity index is 1.88. The third-order valence-corrected chi connectivity index (χ3v) is 5.76. The summed E-state index contributed by atoms with van der Waals surface area (Å²) in [6.07, 6.45) is 5.23. The first-order valence-corrected chi connectivity index (χ1v) is 8.63. The fourth-order valence-electron chi connectivity index (χ4n) is 2.96. The molecule has 1 aliphatic rings. The molecule has 0 radical (unpaired) electrons. The number of benzene rings is 1. The van der Waals surface area contributed by atoms with Gasteiger partial charge in [0.15, 0.2) is 0 Å². The van der Waals surface area contributed by atoms with Gasteiger partial charge >= 0.3 is 0 Å². The SMILES string of the molecule is Clc1cccc(NC(c2cccs2)C2CCCC2)c1Cl. The Labute approximate surface area is 133 Å². The molecule has 1 fully saturated rings. The molecule has 1 aliphatic carbocycles. The van der Waals surface area contributed by atoms with Crippen molar-refractivity contribution in [3.05, 3.63) is 50.6 Å². The van der Waals surface area contributed by atoms with E-state index >= 15 is 0 Å². The highest BCUT2D eigenvalue weighted by Crippen LogP contribution is 2.41. The number of thiophene rings is 1. The summed E-state index contributed by atoms with van der Waals surface area (Å²) in [6.45, 7) is 0. The van der Waals surface area contributed by atoms with Gasteiger partial charge in [-0.3, -0.25) is 0 Å². The summed E-state index contributed by atoms with van der Waals surface area (Å²) in [4.78, 5) is 1.38. The molecule has 1 saturated carbocycles. The fraction of sp³-hybridized carbons (Fsp3) is 0.375. The van der Waals surface area contributed by atoms with E-state index < -0.39 is 0 Å². The van der Waals surface area contributed by atoms with E-state index in [1.165, 1.54) is 30.6 Å². The van der Waals surface area contributed by atoms with Crippen molar-refractivity contribution >= 4 is 40.2 Å². The van der Waals surface area contributed by atoms with E-state index in [0.29, 0.717) is 22.0 Å². The van der Waals surface area contributed by atoms with Gasteiger partial charge < -0.3 is 5.32 Å². The van der Waals surface area contributed by atoms with Gasteiger partial charge in [0.25, 0.3) is 0 Å². The van der Waals surface area contributed by atoms with E-state index in [2.05, 4.69) is 22.8 Å². The zero-order valence-corrected chi connectivity index (χ0v) is 13.4. The van der Waals surface area contributed by atoms with E-state index in [9.17, 15) is 0 Å². The largest absolute Gasteiger partial charge is 0.376 e. The van der Waals surface area contributed by atoms with Gasteiger partial charge in [-0.2, -0.15) is 0 Å². The van der Waals surface area contributed by atoms with Crippen LogP contribution >= 0.6 is 34.5 Å². The Morgan fingerprint density at radius 1 is 1.10 bits per heavy atom. The van der Waals surface area contributed by atoms with Crippen molar-refractivity contribution in [3.63, 3.8) is 0 Å². The molecule has 1 unspecified atom stereocenters. The van der Waals surface area contributed by atoms with E-state index in [0.717, 1.165) is 5.69 Å². The zero-order chi connectivity index (χ0) is 13.9. The van der Waals surface area contributed by atoms with Gasteiger partial charge in [0, 0.05) is 4.88 Å². The van der Waals surface area contributed by atoms with Gasteiger partial charge in [0.05, 0.1) is 21.8 Å². The maximum absolute atomic E-state index is 6.31. The second-order valence-electron chi connectivity index (χ2n) is 5.28. The highest BCUT2D eigenvalue weighted by Gasteiger charge is 2.27. The third kappa shape index (κ3) is 2.98. The average Bonchev–Trinajstić information content (AvgIpc) is 3.13. The lowest BCUT2D eigenvalue weighted by Gasteiger charge is -2.25. The Bertz CT molecular complexity index is 562. The molecule has 0 saturated heterocycles. The Hall–Kier alpha value is -0.700. The van der Waals surface area contributed by atoms with Gasteiger partial charge in [0.1, 0.15) is 0 Å². The maximum Gasteiger partial charge on any atom is 0.0823 e. The molecule has 0 amide bonds. The first-order valence-electron chi connectivity index (χ1n) is 6.99. The van der Waals surface area contributed by atoms with Crippen LogP contribution in [0, 0.1) is 5.92 Å². The van der Waals surface area contributed by atoms with E-state index in [1.54, 1.807) is 0 Å². The number of hydrogen-bond acceptors (Lipinski definition) is 2. The molecule has 20 heavy (non-hydrogen) atoms. The summed E-state index contributed by atoms with van der Waals surface area (Å²) in [5.41, 5.74) is 0.935. The van der Waals surface area contributed by atoms with Crippen LogP contribution in [0.5, 0.6) is 0 Å². The van der Waals surface area contributed by atoms with E-state index in [-0.39, 0.29) is 0 Å². The Kier molecular flexibility index (Phi) is 4.54. The molecule has 1 heterocycles. The summed E-state index contributed by atoms with van der Waals surface area (Å²) in [6, 6.07) is 10.4. The van der Waals surface area contributed by atoms with Gasteiger partial charge in [-0.1, -0.05) is 48.2 Å². The highest BCUT2D eigenvalue weighted by atomic mass is 35.5. The first kappa shape index (κ1) is 14.2. The van der Waals surface area contributed by atoms with Gasteiger partial charge in [-0.05, 0) is 42.3 Å². The van der Waals surface area contributed by atoms with Crippen LogP contribution in [-0.2, 0) is 0 Å². The van der Waals surface area contributed by atoms with Crippen LogP contribution in [0.4, 0.5) is 5.69 Å². The van der Waals surface area contributed by atoms with Crippen LogP contribution in [0.1, 0.15) is 36.6 Å². The second-order valence-corrected chi connectivity index (χ2v) is 7.05. The molecule has 1 N–H and O–H groups in total. The van der Waals surface area contributed by atoms with Crippen LogP contribution in [0.25, 0.3) is 0 Å². The molecule has 1 aromatic carbocycles. The van der Waals surface area contributed by atoms with E-state index in [4.69, 9.17) is 23.2 Å². The smallest absolute Gasteiger partial charge is 0.0823 e. The van der Waals surface area contributed by atoms with Crippen molar-refractivity contribution in [1.29, 1.82) is 0 Å². The predicted molar refractivity (Wildman–Crippen MR) is 89.1 cm³/mol. The highest BCUT2D eigenvalue weighted by molar-refractivity contribution is 7.10. The Morgan fingerprint density at radius 3 is 2.60 bits per heavy atom. The first-order chi connectivity index (χ1) is 9.75. The lowest BCUT2D eigenvalue weighted by Crippen LogP contribution is -2.18. The second kappa shape index (κ2) is 6.38. The van der Waals surface area contributed by atoms with Crippen molar-refractivity contribution in [2.24, 2.45) is 5.92 Å². The molecule has 1 nitrogen and oxygen atoms in total. The molecule has 2 aromatic rings. The minimum absolute atomic E-state index is 0.341. The van der Waals surface area contributed by atoms with Crippen LogP contribution in [0.3, 0.4) is 0 Å². The summed E-state index contributed by atoms with van der Waals surface area (Å²) in [5, 5.41) is 6.99. The molecule has 0 bridgehead atoms. The lowest BCUT2D eigenvalue weighted by molar-refractivity contribution is 0.475. The average molecular weight is 326 g/mol. The number of nitrogens with one attached hydrogen (secondary N) is 1. The fourth-order valence-corrected chi connectivity index (χ4v) is 4.19. The van der Waals surface area contributed by atoms with Crippen molar-refractivity contribution < 1.29 is 0 Å². The Morgan fingerprint density at radius 2 is 1.90 bits per heavy atom. The lowest BCUT2D eigenvalue weighted by atomic mass is 9.96. The van der Waals surface area contributed by atoms with Gasteiger partial charge in [-0.15, -0.1) is 11.3 Å². The number of hydrogen-bond donors (Lipinski definition) is 1. The van der Waals surface area contributed by atoms with Crippen molar-refractivity contribution in [2.75, 3.05) is 5.32 Å².